The number of benzene rings is 3. The summed E-state index contributed by atoms with van der Waals surface area (Å²) in [7, 11) is 0. The lowest BCUT2D eigenvalue weighted by atomic mass is 10.1. The lowest BCUT2D eigenvalue weighted by molar-refractivity contribution is 0.0631. The molecule has 6 heteroatoms. The fraction of sp³-hybridized carbons (Fsp3) is 0.222. The molecule has 0 saturated carbocycles. The van der Waals surface area contributed by atoms with E-state index >= 15 is 0 Å². The van der Waals surface area contributed by atoms with Crippen molar-refractivity contribution in [3.8, 4) is 5.75 Å². The molecule has 3 aromatic carbocycles. The predicted molar refractivity (Wildman–Crippen MR) is 130 cm³/mol. The number of nitrogens with zero attached hydrogens (tertiary/aromatic N) is 2. The fourth-order valence-electron chi connectivity index (χ4n) is 4.12. The number of hydrogen-bond donors (Lipinski definition) is 0. The number of rotatable bonds is 6. The van der Waals surface area contributed by atoms with Gasteiger partial charge in [0.25, 0.3) is 5.91 Å². The van der Waals surface area contributed by atoms with Crippen molar-refractivity contribution >= 4 is 28.0 Å². The maximum Gasteiger partial charge on any atom is 0.264 e. The highest BCUT2D eigenvalue weighted by Crippen LogP contribution is 2.23. The number of hydrogen-bond acceptors (Lipinski definition) is 4. The molecular formula is C27H25FN2O2S. The van der Waals surface area contributed by atoms with E-state index in [4.69, 9.17) is 4.74 Å². The van der Waals surface area contributed by atoms with E-state index < -0.39 is 0 Å². The molecule has 1 saturated heterocycles. The Balaban J connectivity index is 1.14. The van der Waals surface area contributed by atoms with Crippen molar-refractivity contribution in [3.05, 3.63) is 100.0 Å². The maximum atomic E-state index is 13.9. The molecular weight excluding hydrogens is 435 g/mol. The number of thiophene rings is 1. The van der Waals surface area contributed by atoms with Crippen molar-refractivity contribution in [1.82, 2.24) is 9.80 Å². The number of piperazine rings is 1. The molecule has 0 unspecified atom stereocenters. The zero-order valence-electron chi connectivity index (χ0n) is 18.2. The Hall–Kier alpha value is -3.22. The molecule has 168 valence electrons. The minimum absolute atomic E-state index is 0.0579. The SMILES string of the molecule is O=C(c1cc(COc2ccc3ccccc3c2)cs1)N1CCN(Cc2ccccc2F)CC1. The molecule has 0 aliphatic carbocycles. The summed E-state index contributed by atoms with van der Waals surface area (Å²) in [5.41, 5.74) is 1.70. The van der Waals surface area contributed by atoms with Gasteiger partial charge in [-0.15, -0.1) is 11.3 Å². The average Bonchev–Trinajstić information content (AvgIpc) is 3.33. The molecule has 0 atom stereocenters. The first kappa shape index (κ1) is 21.6. The third-order valence-corrected chi connectivity index (χ3v) is 6.97. The number of carbonyl (C=O) groups excluding carboxylic acids is 1. The van der Waals surface area contributed by atoms with E-state index in [9.17, 15) is 9.18 Å². The van der Waals surface area contributed by atoms with Gasteiger partial charge >= 0.3 is 0 Å². The zero-order chi connectivity index (χ0) is 22.6. The monoisotopic (exact) mass is 460 g/mol. The van der Waals surface area contributed by atoms with Crippen LogP contribution < -0.4 is 4.74 Å². The van der Waals surface area contributed by atoms with Crippen LogP contribution in [-0.4, -0.2) is 41.9 Å². The molecule has 1 fully saturated rings. The van der Waals surface area contributed by atoms with Crippen LogP contribution >= 0.6 is 11.3 Å². The van der Waals surface area contributed by atoms with E-state index in [1.165, 1.54) is 22.8 Å². The van der Waals surface area contributed by atoms with Gasteiger partial charge in [-0.1, -0.05) is 48.5 Å². The van der Waals surface area contributed by atoms with E-state index in [-0.39, 0.29) is 11.7 Å². The second-order valence-corrected chi connectivity index (χ2v) is 9.19. The summed E-state index contributed by atoms with van der Waals surface area (Å²) in [5.74, 6) is 0.703. The van der Waals surface area contributed by atoms with Gasteiger partial charge in [-0.3, -0.25) is 9.69 Å². The van der Waals surface area contributed by atoms with Crippen LogP contribution in [0, 0.1) is 5.82 Å². The van der Waals surface area contributed by atoms with Crippen molar-refractivity contribution in [2.45, 2.75) is 13.2 Å². The van der Waals surface area contributed by atoms with Gasteiger partial charge in [-0.2, -0.15) is 0 Å². The highest BCUT2D eigenvalue weighted by atomic mass is 32.1. The number of amides is 1. The van der Waals surface area contributed by atoms with Gasteiger partial charge in [-0.05, 0) is 40.4 Å². The molecule has 0 N–H and O–H groups in total. The first-order valence-electron chi connectivity index (χ1n) is 11.1. The Morgan fingerprint density at radius 2 is 1.67 bits per heavy atom. The first-order chi connectivity index (χ1) is 16.2. The van der Waals surface area contributed by atoms with E-state index in [1.807, 2.05) is 52.7 Å². The number of carbonyl (C=O) groups is 1. The number of halogens is 1. The molecule has 0 bridgehead atoms. The standard InChI is InChI=1S/C27H25FN2O2S/c28-25-8-4-3-7-23(25)17-29-11-13-30(14-12-29)27(31)26-15-20(19-33-26)18-32-24-10-9-21-5-1-2-6-22(21)16-24/h1-10,15-16,19H,11-14,17-18H2. The van der Waals surface area contributed by atoms with Crippen LogP contribution in [0.3, 0.4) is 0 Å². The lowest BCUT2D eigenvalue weighted by Crippen LogP contribution is -2.48. The van der Waals surface area contributed by atoms with Gasteiger partial charge in [-0.25, -0.2) is 4.39 Å². The quantitative estimate of drug-likeness (QED) is 0.377. The number of fused-ring (bicyclic) bond motifs is 1. The Bertz CT molecular complexity index is 1260. The molecule has 1 aliphatic heterocycles. The molecule has 1 aromatic heterocycles. The van der Waals surface area contributed by atoms with Crippen molar-refractivity contribution in [2.24, 2.45) is 0 Å². The largest absolute Gasteiger partial charge is 0.489 e. The number of ether oxygens (including phenoxy) is 1. The Morgan fingerprint density at radius 3 is 2.48 bits per heavy atom. The smallest absolute Gasteiger partial charge is 0.264 e. The van der Waals surface area contributed by atoms with E-state index in [1.54, 1.807) is 6.07 Å². The molecule has 0 radical (unpaired) electrons. The van der Waals surface area contributed by atoms with Crippen LogP contribution in [0.2, 0.25) is 0 Å². The van der Waals surface area contributed by atoms with Crippen LogP contribution in [0.4, 0.5) is 4.39 Å². The first-order valence-corrected chi connectivity index (χ1v) is 12.0. The molecule has 33 heavy (non-hydrogen) atoms. The second kappa shape index (κ2) is 9.73. The van der Waals surface area contributed by atoms with Gasteiger partial charge in [0.15, 0.2) is 0 Å². The van der Waals surface area contributed by atoms with E-state index in [2.05, 4.69) is 23.1 Å². The molecule has 5 rings (SSSR count). The summed E-state index contributed by atoms with van der Waals surface area (Å²) >= 11 is 1.46. The molecule has 1 amide bonds. The van der Waals surface area contributed by atoms with Crippen molar-refractivity contribution in [3.63, 3.8) is 0 Å². The van der Waals surface area contributed by atoms with Gasteiger partial charge in [0.05, 0.1) is 4.88 Å². The minimum Gasteiger partial charge on any atom is -0.489 e. The van der Waals surface area contributed by atoms with E-state index in [0.717, 1.165) is 34.7 Å². The van der Waals surface area contributed by atoms with Crippen LogP contribution in [0.1, 0.15) is 20.8 Å². The van der Waals surface area contributed by atoms with Crippen LogP contribution in [0.5, 0.6) is 5.75 Å². The molecule has 4 nitrogen and oxygen atoms in total. The lowest BCUT2D eigenvalue weighted by Gasteiger charge is -2.34. The van der Waals surface area contributed by atoms with Gasteiger partial charge in [0.2, 0.25) is 0 Å². The fourth-order valence-corrected chi connectivity index (χ4v) is 4.98. The van der Waals surface area contributed by atoms with Crippen LogP contribution in [0.15, 0.2) is 78.2 Å². The van der Waals surface area contributed by atoms with Gasteiger partial charge < -0.3 is 9.64 Å². The van der Waals surface area contributed by atoms with E-state index in [0.29, 0.717) is 31.8 Å². The van der Waals surface area contributed by atoms with Crippen molar-refractivity contribution < 1.29 is 13.9 Å². The summed E-state index contributed by atoms with van der Waals surface area (Å²) in [6.07, 6.45) is 0. The normalized spacial score (nSPS) is 14.5. The zero-order valence-corrected chi connectivity index (χ0v) is 19.1. The van der Waals surface area contributed by atoms with Gasteiger partial charge in [0, 0.05) is 43.9 Å². The average molecular weight is 461 g/mol. The summed E-state index contributed by atoms with van der Waals surface area (Å²) in [6.45, 7) is 3.78. The minimum atomic E-state index is -0.173. The topological polar surface area (TPSA) is 32.8 Å². The maximum absolute atomic E-state index is 13.9. The summed E-state index contributed by atoms with van der Waals surface area (Å²) in [6, 6.07) is 23.1. The molecule has 1 aliphatic rings. The molecule has 4 aromatic rings. The van der Waals surface area contributed by atoms with Gasteiger partial charge in [0.1, 0.15) is 18.2 Å². The highest BCUT2D eigenvalue weighted by molar-refractivity contribution is 7.12. The highest BCUT2D eigenvalue weighted by Gasteiger charge is 2.23. The predicted octanol–water partition coefficient (Wildman–Crippen LogP) is 5.58. The van der Waals surface area contributed by atoms with Crippen LogP contribution in [-0.2, 0) is 13.2 Å². The Kier molecular flexibility index (Phi) is 6.37. The Morgan fingerprint density at radius 1 is 0.909 bits per heavy atom. The third kappa shape index (κ3) is 5.07. The molecule has 2 heterocycles. The van der Waals surface area contributed by atoms with Crippen molar-refractivity contribution in [1.29, 1.82) is 0 Å². The molecule has 0 spiro atoms. The Labute approximate surface area is 196 Å². The summed E-state index contributed by atoms with van der Waals surface area (Å²) in [5, 5.41) is 4.32. The van der Waals surface area contributed by atoms with Crippen LogP contribution in [0.25, 0.3) is 10.8 Å². The summed E-state index contributed by atoms with van der Waals surface area (Å²) in [4.78, 5) is 17.8. The third-order valence-electron chi connectivity index (χ3n) is 6.00. The summed E-state index contributed by atoms with van der Waals surface area (Å²) < 4.78 is 19.9. The van der Waals surface area contributed by atoms with Crippen molar-refractivity contribution in [2.75, 3.05) is 26.2 Å². The second-order valence-electron chi connectivity index (χ2n) is 8.28.